The van der Waals surface area contributed by atoms with Gasteiger partial charge in [0, 0.05) is 61.3 Å². The molecule has 12 atom stereocenters. The number of benzene rings is 2. The van der Waals surface area contributed by atoms with Crippen LogP contribution in [-0.4, -0.2) is 54.5 Å². The Hall–Kier alpha value is -5.01. The lowest BCUT2D eigenvalue weighted by Crippen LogP contribution is -2.45. The number of carbonyl (C=O) groups excluding carboxylic acids is 1. The maximum Gasteiger partial charge on any atom is 0.191 e. The minimum Gasteiger partial charge on any atom is -0.508 e. The van der Waals surface area contributed by atoms with Crippen molar-refractivity contribution in [3.05, 3.63) is 87.9 Å². The number of fused-ring (bicyclic) bond motifs is 10. The van der Waals surface area contributed by atoms with Gasteiger partial charge in [0.25, 0.3) is 0 Å². The van der Waals surface area contributed by atoms with Gasteiger partial charge in [-0.25, -0.2) is 0 Å². The summed E-state index contributed by atoms with van der Waals surface area (Å²) < 4.78 is 15.6. The third-order valence-corrected chi connectivity index (χ3v) is 19.5. The number of rotatable bonds is 6. The number of phenols is 1. The van der Waals surface area contributed by atoms with Gasteiger partial charge in [0.1, 0.15) is 23.7 Å². The van der Waals surface area contributed by atoms with E-state index in [0.717, 1.165) is 85.9 Å². The van der Waals surface area contributed by atoms with Gasteiger partial charge < -0.3 is 45.2 Å². The summed E-state index contributed by atoms with van der Waals surface area (Å²) in [7, 11) is 0. The SMILES string of the molecule is NC1NCC2CC3(CCCC3)C3c4c(ccc1c42)C(O)C#CC1C(Oc2cc(CCC(=O)CC(O)C4C=C5CCC6CCCCC6C5CC4O)c(O)cc2OC#CC12CCCC2)n1cc2[nH]cc3c2c1. The number of phenolic OH excluding ortho intramolecular Hbond substituents is 1. The molecule has 4 fully saturated rings. The number of aliphatic hydroxyl groups is 3. The van der Waals surface area contributed by atoms with Crippen molar-refractivity contribution in [2.75, 3.05) is 6.54 Å². The molecule has 6 aliphatic carbocycles. The van der Waals surface area contributed by atoms with Gasteiger partial charge in [-0.15, -0.1) is 0 Å². The number of nitrogens with zero attached hydrogens (tertiary/aromatic N) is 1. The van der Waals surface area contributed by atoms with Crippen LogP contribution in [0.5, 0.6) is 17.2 Å². The number of Topliss-reactive ketones (excluding diaryl/α,β-unsaturated/α-hetero) is 1. The Labute approximate surface area is 411 Å². The first-order valence-corrected chi connectivity index (χ1v) is 26.9. The smallest absolute Gasteiger partial charge is 0.191 e. The van der Waals surface area contributed by atoms with Crippen LogP contribution in [0, 0.1) is 64.3 Å². The normalized spacial score (nSPS) is 33.3. The van der Waals surface area contributed by atoms with Gasteiger partial charge in [0.05, 0.1) is 35.2 Å². The number of aromatic amines is 1. The predicted octanol–water partition coefficient (Wildman–Crippen LogP) is 9.35. The molecule has 2 bridgehead atoms. The van der Waals surface area contributed by atoms with Gasteiger partial charge in [0.15, 0.2) is 17.7 Å². The number of aromatic nitrogens is 2. The molecule has 11 nitrogen and oxygen atoms in total. The minimum absolute atomic E-state index is 0.0174. The summed E-state index contributed by atoms with van der Waals surface area (Å²) in [5, 5.41) is 51.6. The zero-order valence-corrected chi connectivity index (χ0v) is 40.2. The fourth-order valence-corrected chi connectivity index (χ4v) is 16.2. The van der Waals surface area contributed by atoms with Gasteiger partial charge in [-0.2, -0.15) is 0 Å². The number of ether oxygens (including phenoxy) is 2. The van der Waals surface area contributed by atoms with E-state index in [1.165, 1.54) is 73.3 Å². The number of allylic oxidation sites excluding steroid dienone is 1. The maximum absolute atomic E-state index is 13.7. The quantitative estimate of drug-likeness (QED) is 0.0734. The Morgan fingerprint density at radius 3 is 2.61 bits per heavy atom. The van der Waals surface area contributed by atoms with Crippen molar-refractivity contribution in [1.29, 1.82) is 0 Å². The fraction of sp³-hybridized carbons (Fsp3) is 0.576. The molecule has 70 heavy (non-hydrogen) atoms. The van der Waals surface area contributed by atoms with E-state index < -0.39 is 41.8 Å². The standard InChI is InChI=1S/C59H68N4O7/c60-56-40-14-13-39-47(65)16-15-45-57(63-31-44-43(30-61-46(44)32-63)55-54(39)53(40)36(29-62-56)28-59(55)19-5-6-20-59)70-52-24-35(48(66)27-51(52)69-22-21-58(45)17-3-4-18-58)11-12-37(64)25-49(67)42-23-34-10-9-33-7-1-2-8-38(33)41(34)26-50(42)68/h13-14,23-24,27,30-33,36,38,41-42,45,47,49-50,55-57,61-62,65-68H,1-12,17-20,25-26,28-29,60H2. The molecule has 4 saturated carbocycles. The molecule has 12 unspecified atom stereocenters. The monoisotopic (exact) mass is 945 g/mol. The fourth-order valence-electron chi connectivity index (χ4n) is 16.2. The zero-order valence-electron chi connectivity index (χ0n) is 40.2. The van der Waals surface area contributed by atoms with Crippen LogP contribution in [0.3, 0.4) is 0 Å². The number of nitrogens with two attached hydrogens (primary N) is 1. The van der Waals surface area contributed by atoms with E-state index >= 15 is 0 Å². The number of hydrogen-bond acceptors (Lipinski definition) is 9. The number of hydrogen-bond donors (Lipinski definition) is 7. The van der Waals surface area contributed by atoms with Crippen LogP contribution in [0.15, 0.2) is 54.5 Å². The van der Waals surface area contributed by atoms with Crippen molar-refractivity contribution in [3.63, 3.8) is 0 Å². The third-order valence-electron chi connectivity index (χ3n) is 19.5. The number of aliphatic hydroxyl groups excluding tert-OH is 3. The Bertz CT molecular complexity index is 2890. The summed E-state index contributed by atoms with van der Waals surface area (Å²) in [6.07, 6.45) is 25.3. The molecule has 0 saturated heterocycles. The average Bonchev–Trinajstić information content (AvgIpc) is 4.19. The first-order chi connectivity index (χ1) is 34.1. The van der Waals surface area contributed by atoms with E-state index in [9.17, 15) is 25.2 Å². The second-order valence-corrected chi connectivity index (χ2v) is 23.2. The Morgan fingerprint density at radius 2 is 1.76 bits per heavy atom. The van der Waals surface area contributed by atoms with Crippen molar-refractivity contribution in [2.45, 2.75) is 165 Å². The van der Waals surface area contributed by atoms with Gasteiger partial charge >= 0.3 is 0 Å². The first-order valence-electron chi connectivity index (χ1n) is 26.9. The molecule has 4 aromatic rings. The van der Waals surface area contributed by atoms with E-state index in [1.807, 2.05) is 0 Å². The molecule has 13 rings (SSSR count). The van der Waals surface area contributed by atoms with Crippen LogP contribution in [-0.2, 0) is 11.2 Å². The summed E-state index contributed by atoms with van der Waals surface area (Å²) >= 11 is 0. The van der Waals surface area contributed by atoms with Crippen molar-refractivity contribution >= 4 is 16.7 Å². The van der Waals surface area contributed by atoms with Crippen LogP contribution in [0.1, 0.15) is 179 Å². The second kappa shape index (κ2) is 17.3. The largest absolute Gasteiger partial charge is 0.508 e. The lowest BCUT2D eigenvalue weighted by molar-refractivity contribution is -0.122. The molecular weight excluding hydrogens is 877 g/mol. The highest BCUT2D eigenvalue weighted by atomic mass is 16.5. The second-order valence-electron chi connectivity index (χ2n) is 23.2. The molecule has 0 radical (unpaired) electrons. The molecular formula is C59H68N4O7. The highest BCUT2D eigenvalue weighted by molar-refractivity contribution is 5.85. The molecule has 3 aliphatic heterocycles. The molecule has 2 aromatic carbocycles. The lowest BCUT2D eigenvalue weighted by Gasteiger charge is -2.50. The Morgan fingerprint density at radius 1 is 0.943 bits per heavy atom. The number of nitrogens with one attached hydrogen (secondary N) is 2. The average molecular weight is 945 g/mol. The van der Waals surface area contributed by atoms with Crippen molar-refractivity contribution in [2.24, 2.45) is 46.2 Å². The molecule has 2 spiro atoms. The molecule has 9 aliphatic rings. The summed E-state index contributed by atoms with van der Waals surface area (Å²) in [6.45, 7) is 0.815. The Balaban J connectivity index is 0.837. The lowest BCUT2D eigenvalue weighted by atomic mass is 9.55. The third kappa shape index (κ3) is 7.31. The van der Waals surface area contributed by atoms with E-state index in [0.29, 0.717) is 35.5 Å². The maximum atomic E-state index is 13.7. The number of carbonyl (C=O) groups is 1. The predicted molar refractivity (Wildman–Crippen MR) is 265 cm³/mol. The molecule has 2 aromatic heterocycles. The number of H-pyrrole nitrogens is 1. The van der Waals surface area contributed by atoms with Crippen LogP contribution < -0.4 is 20.5 Å². The van der Waals surface area contributed by atoms with Gasteiger partial charge in [-0.3, -0.25) is 10.1 Å². The van der Waals surface area contributed by atoms with Gasteiger partial charge in [0.2, 0.25) is 0 Å². The molecule has 8 N–H and O–H groups in total. The molecule has 11 heteroatoms. The number of ketones is 1. The van der Waals surface area contributed by atoms with E-state index in [4.69, 9.17) is 15.2 Å². The summed E-state index contributed by atoms with van der Waals surface area (Å²) in [5.41, 5.74) is 14.8. The van der Waals surface area contributed by atoms with E-state index in [-0.39, 0.29) is 54.0 Å². The highest BCUT2D eigenvalue weighted by Gasteiger charge is 2.53. The summed E-state index contributed by atoms with van der Waals surface area (Å²) in [6, 6.07) is 7.49. The van der Waals surface area contributed by atoms with Crippen molar-refractivity contribution < 1.29 is 34.7 Å². The van der Waals surface area contributed by atoms with E-state index in [1.54, 1.807) is 6.07 Å². The van der Waals surface area contributed by atoms with Crippen molar-refractivity contribution in [3.8, 4) is 41.1 Å². The molecule has 0 amide bonds. The number of aryl methyl sites for hydroxylation is 1. The van der Waals surface area contributed by atoms with E-state index in [2.05, 4.69) is 75.5 Å². The van der Waals surface area contributed by atoms with Crippen molar-refractivity contribution in [1.82, 2.24) is 14.9 Å². The minimum atomic E-state index is -1.07. The van der Waals surface area contributed by atoms with Gasteiger partial charge in [-0.1, -0.05) is 86.5 Å². The Kier molecular flexibility index (Phi) is 11.1. The highest BCUT2D eigenvalue weighted by Crippen LogP contribution is 2.64. The van der Waals surface area contributed by atoms with Gasteiger partial charge in [-0.05, 0) is 133 Å². The summed E-state index contributed by atoms with van der Waals surface area (Å²) in [4.78, 5) is 17.4. The molecule has 5 heterocycles. The van der Waals surface area contributed by atoms with Crippen LogP contribution >= 0.6 is 0 Å². The van der Waals surface area contributed by atoms with Crippen LogP contribution in [0.4, 0.5) is 0 Å². The summed E-state index contributed by atoms with van der Waals surface area (Å²) in [5.74, 6) is 12.2. The zero-order chi connectivity index (χ0) is 47.5. The topological polar surface area (TPSA) is 175 Å². The first kappa shape index (κ1) is 44.9. The van der Waals surface area contributed by atoms with Crippen LogP contribution in [0.2, 0.25) is 0 Å². The number of aromatic hydroxyl groups is 1. The molecule has 366 valence electrons. The van der Waals surface area contributed by atoms with Crippen LogP contribution in [0.25, 0.3) is 10.9 Å².